The van der Waals surface area contributed by atoms with Crippen LogP contribution in [-0.4, -0.2) is 55.5 Å². The summed E-state index contributed by atoms with van der Waals surface area (Å²) < 4.78 is 5.32. The Morgan fingerprint density at radius 2 is 2.12 bits per heavy atom. The molecule has 2 aromatic rings. The number of anilines is 2. The van der Waals surface area contributed by atoms with Crippen LogP contribution in [0, 0.1) is 0 Å². The van der Waals surface area contributed by atoms with E-state index in [4.69, 9.17) is 4.74 Å². The third kappa shape index (κ3) is 3.05. The molecule has 1 aliphatic rings. The van der Waals surface area contributed by atoms with E-state index in [1.165, 1.54) is 16.2 Å². The van der Waals surface area contributed by atoms with Gasteiger partial charge in [0, 0.05) is 25.5 Å². The van der Waals surface area contributed by atoms with Crippen LogP contribution in [0.2, 0.25) is 0 Å². The Hall–Kier alpha value is -2.61. The van der Waals surface area contributed by atoms with Crippen LogP contribution in [0.3, 0.4) is 0 Å². The van der Waals surface area contributed by atoms with Crippen LogP contribution in [-0.2, 0) is 4.79 Å². The molecule has 0 aliphatic carbocycles. The van der Waals surface area contributed by atoms with Crippen molar-refractivity contribution in [2.75, 3.05) is 44.0 Å². The molecule has 7 nitrogen and oxygen atoms in total. The van der Waals surface area contributed by atoms with Crippen molar-refractivity contribution in [3.8, 4) is 5.75 Å². The Morgan fingerprint density at radius 3 is 2.79 bits per heavy atom. The zero-order chi connectivity index (χ0) is 17.1. The van der Waals surface area contributed by atoms with Gasteiger partial charge in [0.05, 0.1) is 12.8 Å². The number of thiazole rings is 1. The molecule has 126 valence electrons. The maximum Gasteiger partial charge on any atom is 0.273 e. The first-order chi connectivity index (χ1) is 11.6. The van der Waals surface area contributed by atoms with Crippen LogP contribution >= 0.6 is 11.3 Å². The summed E-state index contributed by atoms with van der Waals surface area (Å²) in [6, 6.07) is 7.37. The lowest BCUT2D eigenvalue weighted by Gasteiger charge is -2.34. The minimum Gasteiger partial charge on any atom is -0.495 e. The minimum absolute atomic E-state index is 0.0310. The van der Waals surface area contributed by atoms with Crippen molar-refractivity contribution in [1.29, 1.82) is 0 Å². The molecule has 1 aromatic heterocycles. The van der Waals surface area contributed by atoms with Crippen molar-refractivity contribution in [2.24, 2.45) is 0 Å². The summed E-state index contributed by atoms with van der Waals surface area (Å²) in [6.45, 7) is 0.909. The van der Waals surface area contributed by atoms with Gasteiger partial charge in [0.1, 0.15) is 18.0 Å². The lowest BCUT2D eigenvalue weighted by molar-refractivity contribution is -0.120. The number of piperazine rings is 1. The molecule has 1 aliphatic heterocycles. The molecule has 1 aromatic carbocycles. The maximum absolute atomic E-state index is 12.5. The number of carbonyl (C=O) groups is 2. The SMILES string of the molecule is CNc1nc(C(=O)N2CCN(c3ccccc3OC)C(=O)C2)cs1. The van der Waals surface area contributed by atoms with Crippen LogP contribution in [0.15, 0.2) is 29.6 Å². The van der Waals surface area contributed by atoms with Gasteiger partial charge >= 0.3 is 0 Å². The van der Waals surface area contributed by atoms with Crippen LogP contribution in [0.25, 0.3) is 0 Å². The number of ether oxygens (including phenoxy) is 1. The van der Waals surface area contributed by atoms with Crippen molar-refractivity contribution in [1.82, 2.24) is 9.88 Å². The molecule has 0 unspecified atom stereocenters. The summed E-state index contributed by atoms with van der Waals surface area (Å²) in [5.74, 6) is 0.285. The summed E-state index contributed by atoms with van der Waals surface area (Å²) in [5.41, 5.74) is 1.09. The molecule has 0 saturated carbocycles. The van der Waals surface area contributed by atoms with E-state index in [9.17, 15) is 9.59 Å². The van der Waals surface area contributed by atoms with E-state index in [1.807, 2.05) is 24.3 Å². The Morgan fingerprint density at radius 1 is 1.33 bits per heavy atom. The summed E-state index contributed by atoms with van der Waals surface area (Å²) in [6.07, 6.45) is 0. The van der Waals surface area contributed by atoms with Gasteiger partial charge in [-0.1, -0.05) is 12.1 Å². The molecular formula is C16H18N4O3S. The summed E-state index contributed by atoms with van der Waals surface area (Å²) in [4.78, 5) is 32.4. The van der Waals surface area contributed by atoms with E-state index < -0.39 is 0 Å². The number of benzene rings is 1. The lowest BCUT2D eigenvalue weighted by Crippen LogP contribution is -2.52. The average Bonchev–Trinajstić information content (AvgIpc) is 3.10. The fourth-order valence-corrected chi connectivity index (χ4v) is 3.25. The van der Waals surface area contributed by atoms with Crippen LogP contribution in [0.4, 0.5) is 10.8 Å². The fourth-order valence-electron chi connectivity index (χ4n) is 2.60. The Labute approximate surface area is 143 Å². The molecule has 2 amide bonds. The first kappa shape index (κ1) is 16.3. The van der Waals surface area contributed by atoms with Gasteiger partial charge in [-0.05, 0) is 12.1 Å². The van der Waals surface area contributed by atoms with Gasteiger partial charge in [-0.25, -0.2) is 4.98 Å². The third-order valence-corrected chi connectivity index (χ3v) is 4.68. The predicted octanol–water partition coefficient (Wildman–Crippen LogP) is 1.68. The van der Waals surface area contributed by atoms with Crippen LogP contribution < -0.4 is 15.0 Å². The molecule has 3 rings (SSSR count). The molecule has 8 heteroatoms. The number of carbonyl (C=O) groups excluding carboxylic acids is 2. The zero-order valence-electron chi connectivity index (χ0n) is 13.5. The van der Waals surface area contributed by atoms with Crippen molar-refractivity contribution in [3.63, 3.8) is 0 Å². The van der Waals surface area contributed by atoms with E-state index in [0.29, 0.717) is 29.7 Å². The third-order valence-electron chi connectivity index (χ3n) is 3.82. The maximum atomic E-state index is 12.5. The number of aromatic nitrogens is 1. The van der Waals surface area contributed by atoms with E-state index in [1.54, 1.807) is 24.4 Å². The number of methoxy groups -OCH3 is 1. The van der Waals surface area contributed by atoms with E-state index >= 15 is 0 Å². The van der Waals surface area contributed by atoms with Crippen molar-refractivity contribution in [2.45, 2.75) is 0 Å². The number of nitrogens with zero attached hydrogens (tertiary/aromatic N) is 3. The summed E-state index contributed by atoms with van der Waals surface area (Å²) in [7, 11) is 3.33. The van der Waals surface area contributed by atoms with Crippen molar-refractivity contribution < 1.29 is 14.3 Å². The number of amides is 2. The van der Waals surface area contributed by atoms with Gasteiger partial charge in [0.2, 0.25) is 5.91 Å². The number of hydrogen-bond donors (Lipinski definition) is 1. The lowest BCUT2D eigenvalue weighted by atomic mass is 10.2. The number of rotatable bonds is 4. The van der Waals surface area contributed by atoms with Crippen LogP contribution in [0.5, 0.6) is 5.75 Å². The Bertz CT molecular complexity index is 761. The van der Waals surface area contributed by atoms with Gasteiger partial charge in [0.15, 0.2) is 5.13 Å². The predicted molar refractivity (Wildman–Crippen MR) is 92.9 cm³/mol. The fraction of sp³-hybridized carbons (Fsp3) is 0.312. The van der Waals surface area contributed by atoms with Gasteiger partial charge in [-0.3, -0.25) is 9.59 Å². The van der Waals surface area contributed by atoms with Crippen molar-refractivity contribution in [3.05, 3.63) is 35.3 Å². The van der Waals surface area contributed by atoms with E-state index in [2.05, 4.69) is 10.3 Å². The number of hydrogen-bond acceptors (Lipinski definition) is 6. The molecule has 24 heavy (non-hydrogen) atoms. The first-order valence-electron chi connectivity index (χ1n) is 7.50. The van der Waals surface area contributed by atoms with Crippen molar-refractivity contribution >= 4 is 34.0 Å². The molecule has 0 bridgehead atoms. The van der Waals surface area contributed by atoms with Gasteiger partial charge in [-0.15, -0.1) is 11.3 Å². The van der Waals surface area contributed by atoms with Gasteiger partial charge < -0.3 is 19.9 Å². The monoisotopic (exact) mass is 346 g/mol. The average molecular weight is 346 g/mol. The normalized spacial score (nSPS) is 14.7. The summed E-state index contributed by atoms with van der Waals surface area (Å²) in [5, 5.41) is 5.28. The Balaban J connectivity index is 1.73. The first-order valence-corrected chi connectivity index (χ1v) is 8.38. The van der Waals surface area contributed by atoms with E-state index in [-0.39, 0.29) is 18.4 Å². The highest BCUT2D eigenvalue weighted by Crippen LogP contribution is 2.29. The quantitative estimate of drug-likeness (QED) is 0.912. The molecule has 0 radical (unpaired) electrons. The second-order valence-corrected chi connectivity index (χ2v) is 6.09. The standard InChI is InChI=1S/C16H18N4O3S/c1-17-16-18-11(10-24-16)15(22)19-7-8-20(14(21)9-19)12-5-3-4-6-13(12)23-2/h3-6,10H,7-9H2,1-2H3,(H,17,18). The minimum atomic E-state index is -0.222. The molecule has 1 saturated heterocycles. The molecule has 0 spiro atoms. The second-order valence-electron chi connectivity index (χ2n) is 5.23. The molecule has 1 fully saturated rings. The largest absolute Gasteiger partial charge is 0.495 e. The highest BCUT2D eigenvalue weighted by atomic mass is 32.1. The van der Waals surface area contributed by atoms with Crippen LogP contribution in [0.1, 0.15) is 10.5 Å². The topological polar surface area (TPSA) is 74.8 Å². The number of nitrogens with one attached hydrogen (secondary N) is 1. The molecular weight excluding hydrogens is 328 g/mol. The molecule has 1 N–H and O–H groups in total. The highest BCUT2D eigenvalue weighted by molar-refractivity contribution is 7.13. The molecule has 2 heterocycles. The second kappa shape index (κ2) is 6.88. The van der Waals surface area contributed by atoms with E-state index in [0.717, 1.165) is 5.69 Å². The smallest absolute Gasteiger partial charge is 0.273 e. The van der Waals surface area contributed by atoms with Gasteiger partial charge in [-0.2, -0.15) is 0 Å². The summed E-state index contributed by atoms with van der Waals surface area (Å²) >= 11 is 1.36. The highest BCUT2D eigenvalue weighted by Gasteiger charge is 2.30. The number of para-hydroxylation sites is 2. The molecule has 0 atom stereocenters. The van der Waals surface area contributed by atoms with Gasteiger partial charge in [0.25, 0.3) is 5.91 Å². The Kier molecular flexibility index (Phi) is 4.66. The zero-order valence-corrected chi connectivity index (χ0v) is 14.3.